The van der Waals surface area contributed by atoms with Crippen molar-refractivity contribution in [1.82, 2.24) is 20.2 Å². The van der Waals surface area contributed by atoms with Gasteiger partial charge in [-0.25, -0.2) is 4.98 Å². The first-order valence-corrected chi connectivity index (χ1v) is 7.22. The van der Waals surface area contributed by atoms with Gasteiger partial charge in [0, 0.05) is 6.20 Å². The van der Waals surface area contributed by atoms with E-state index in [4.69, 9.17) is 0 Å². The quantitative estimate of drug-likeness (QED) is 0.745. The monoisotopic (exact) mass is 280 g/mol. The van der Waals surface area contributed by atoms with Crippen LogP contribution >= 0.6 is 0 Å². The molecule has 3 heterocycles. The average molecular weight is 280 g/mol. The number of hydrogen-bond donors (Lipinski definition) is 1. The van der Waals surface area contributed by atoms with Crippen molar-refractivity contribution in [3.05, 3.63) is 41.0 Å². The molecule has 0 aromatic carbocycles. The minimum absolute atomic E-state index is 0.793. The number of rotatable bonds is 1. The zero-order chi connectivity index (χ0) is 15.2. The Morgan fingerprint density at radius 2 is 1.86 bits per heavy atom. The summed E-state index contributed by atoms with van der Waals surface area (Å²) in [6.07, 6.45) is 5.82. The van der Waals surface area contributed by atoms with Gasteiger partial charge in [0.2, 0.25) is 0 Å². The van der Waals surface area contributed by atoms with Gasteiger partial charge < -0.3 is 0 Å². The second-order valence-corrected chi connectivity index (χ2v) is 4.22. The molecule has 0 aliphatic heterocycles. The molecule has 0 saturated carbocycles. The van der Waals surface area contributed by atoms with Crippen LogP contribution in [0.3, 0.4) is 0 Å². The molecule has 4 heteroatoms. The van der Waals surface area contributed by atoms with Gasteiger partial charge in [-0.2, -0.15) is 5.10 Å². The Labute approximate surface area is 124 Å². The summed E-state index contributed by atoms with van der Waals surface area (Å²) in [7, 11) is 0. The lowest BCUT2D eigenvalue weighted by atomic mass is 10.2. The second kappa shape index (κ2) is 6.79. The third-order valence-electron chi connectivity index (χ3n) is 3.10. The predicted octanol–water partition coefficient (Wildman–Crippen LogP) is 2.65. The van der Waals surface area contributed by atoms with Gasteiger partial charge in [0.1, 0.15) is 11.2 Å². The summed E-state index contributed by atoms with van der Waals surface area (Å²) in [4.78, 5) is 9.01. The standard InChI is InChI=1S/C15H14N4.C2H6/c1-3-10-7-8-12(17-11(10)4-2)15-14-13(18-19-15)6-5-9-16-14;1-2/h3-9H,1-2H3,(H,18,19);1-2H3/b10-3-,11-4+;. The van der Waals surface area contributed by atoms with E-state index in [9.17, 15) is 0 Å². The molecule has 0 aliphatic rings. The summed E-state index contributed by atoms with van der Waals surface area (Å²) in [5, 5.41) is 9.39. The van der Waals surface area contributed by atoms with Gasteiger partial charge in [-0.15, -0.1) is 0 Å². The van der Waals surface area contributed by atoms with Crippen molar-refractivity contribution < 1.29 is 0 Å². The van der Waals surface area contributed by atoms with E-state index in [0.29, 0.717) is 0 Å². The number of nitrogens with one attached hydrogen (secondary N) is 1. The molecule has 0 saturated heterocycles. The van der Waals surface area contributed by atoms with E-state index in [0.717, 1.165) is 33.0 Å². The zero-order valence-corrected chi connectivity index (χ0v) is 12.9. The fourth-order valence-corrected chi connectivity index (χ4v) is 2.12. The molecule has 0 bridgehead atoms. The molecule has 21 heavy (non-hydrogen) atoms. The Kier molecular flexibility index (Phi) is 4.82. The number of fused-ring (bicyclic) bond motifs is 1. The molecule has 4 nitrogen and oxygen atoms in total. The number of hydrogen-bond acceptors (Lipinski definition) is 3. The molecule has 0 radical (unpaired) electrons. The van der Waals surface area contributed by atoms with Crippen LogP contribution in [0.1, 0.15) is 27.7 Å². The van der Waals surface area contributed by atoms with E-state index < -0.39 is 0 Å². The van der Waals surface area contributed by atoms with E-state index in [1.165, 1.54) is 0 Å². The third-order valence-corrected chi connectivity index (χ3v) is 3.10. The van der Waals surface area contributed by atoms with Crippen molar-refractivity contribution in [2.75, 3.05) is 0 Å². The van der Waals surface area contributed by atoms with Crippen LogP contribution < -0.4 is 10.6 Å². The first-order chi connectivity index (χ1) is 10.3. The van der Waals surface area contributed by atoms with Crippen LogP contribution in [0.25, 0.3) is 34.6 Å². The van der Waals surface area contributed by atoms with Crippen LogP contribution in [-0.2, 0) is 0 Å². The van der Waals surface area contributed by atoms with Crippen molar-refractivity contribution in [2.45, 2.75) is 27.7 Å². The zero-order valence-electron chi connectivity index (χ0n) is 12.9. The first kappa shape index (κ1) is 14.9. The minimum atomic E-state index is 0.793. The van der Waals surface area contributed by atoms with Gasteiger partial charge in [0.25, 0.3) is 0 Å². The molecule has 3 aromatic rings. The highest BCUT2D eigenvalue weighted by molar-refractivity contribution is 5.88. The topological polar surface area (TPSA) is 54.5 Å². The Morgan fingerprint density at radius 1 is 1.05 bits per heavy atom. The maximum absolute atomic E-state index is 4.65. The molecule has 0 spiro atoms. The maximum atomic E-state index is 4.65. The van der Waals surface area contributed by atoms with E-state index in [2.05, 4.69) is 26.2 Å². The molecule has 108 valence electrons. The van der Waals surface area contributed by atoms with E-state index in [1.807, 2.05) is 58.0 Å². The number of pyridine rings is 2. The van der Waals surface area contributed by atoms with Crippen LogP contribution in [0, 0.1) is 0 Å². The highest BCUT2D eigenvalue weighted by atomic mass is 15.1. The van der Waals surface area contributed by atoms with Crippen LogP contribution in [0.15, 0.2) is 30.5 Å². The number of nitrogens with zero attached hydrogens (tertiary/aromatic N) is 3. The lowest BCUT2D eigenvalue weighted by Crippen LogP contribution is -2.27. The minimum Gasteiger partial charge on any atom is -0.275 e. The normalized spacial score (nSPS) is 12.4. The highest BCUT2D eigenvalue weighted by Crippen LogP contribution is 2.20. The Morgan fingerprint density at radius 3 is 2.57 bits per heavy atom. The molecular formula is C17H20N4. The number of aromatic nitrogens is 4. The summed E-state index contributed by atoms with van der Waals surface area (Å²) in [5.41, 5.74) is 3.41. The average Bonchev–Trinajstić information content (AvgIpc) is 3.00. The van der Waals surface area contributed by atoms with Crippen molar-refractivity contribution in [3.8, 4) is 11.4 Å². The second-order valence-electron chi connectivity index (χ2n) is 4.22. The van der Waals surface area contributed by atoms with Crippen molar-refractivity contribution >= 4 is 23.2 Å². The Balaban J connectivity index is 0.000000774. The predicted molar refractivity (Wildman–Crippen MR) is 88.0 cm³/mol. The van der Waals surface area contributed by atoms with Crippen molar-refractivity contribution in [2.24, 2.45) is 0 Å². The molecule has 0 aliphatic carbocycles. The molecule has 1 N–H and O–H groups in total. The van der Waals surface area contributed by atoms with Gasteiger partial charge in [-0.05, 0) is 37.3 Å². The maximum Gasteiger partial charge on any atom is 0.137 e. The third kappa shape index (κ3) is 2.84. The largest absolute Gasteiger partial charge is 0.275 e. The van der Waals surface area contributed by atoms with E-state index >= 15 is 0 Å². The van der Waals surface area contributed by atoms with Gasteiger partial charge >= 0.3 is 0 Å². The Bertz CT molecular complexity index is 847. The van der Waals surface area contributed by atoms with E-state index in [1.54, 1.807) is 6.20 Å². The molecule has 0 unspecified atom stereocenters. The molecular weight excluding hydrogens is 260 g/mol. The molecule has 0 amide bonds. The van der Waals surface area contributed by atoms with Crippen molar-refractivity contribution in [3.63, 3.8) is 0 Å². The van der Waals surface area contributed by atoms with Crippen LogP contribution in [0.5, 0.6) is 0 Å². The van der Waals surface area contributed by atoms with Crippen LogP contribution in [0.4, 0.5) is 0 Å². The Hall–Kier alpha value is -2.49. The summed E-state index contributed by atoms with van der Waals surface area (Å²) >= 11 is 0. The first-order valence-electron chi connectivity index (χ1n) is 7.22. The summed E-state index contributed by atoms with van der Waals surface area (Å²) in [6.45, 7) is 8.00. The fourth-order valence-electron chi connectivity index (χ4n) is 2.12. The van der Waals surface area contributed by atoms with Gasteiger partial charge in [-0.3, -0.25) is 10.1 Å². The molecule has 3 rings (SSSR count). The van der Waals surface area contributed by atoms with Crippen LogP contribution in [-0.4, -0.2) is 20.2 Å². The van der Waals surface area contributed by atoms with Gasteiger partial charge in [0.15, 0.2) is 0 Å². The smallest absolute Gasteiger partial charge is 0.137 e. The van der Waals surface area contributed by atoms with Gasteiger partial charge in [-0.1, -0.05) is 32.1 Å². The summed E-state index contributed by atoms with van der Waals surface area (Å²) in [5.74, 6) is 0. The number of aromatic amines is 1. The molecule has 0 fully saturated rings. The van der Waals surface area contributed by atoms with Crippen LogP contribution in [0.2, 0.25) is 0 Å². The lowest BCUT2D eigenvalue weighted by Gasteiger charge is -1.97. The summed E-state index contributed by atoms with van der Waals surface area (Å²) < 4.78 is 0. The van der Waals surface area contributed by atoms with Crippen molar-refractivity contribution in [1.29, 1.82) is 0 Å². The molecule has 3 aromatic heterocycles. The highest BCUT2D eigenvalue weighted by Gasteiger charge is 2.09. The SMILES string of the molecule is C/C=c1/ccc(-c2n[nH]c3cccnc23)n/c1=C/C.CC. The lowest BCUT2D eigenvalue weighted by molar-refractivity contribution is 1.10. The number of H-pyrrole nitrogens is 1. The van der Waals surface area contributed by atoms with E-state index in [-0.39, 0.29) is 0 Å². The molecule has 0 atom stereocenters. The summed E-state index contributed by atoms with van der Waals surface area (Å²) in [6, 6.07) is 7.88. The fraction of sp³-hybridized carbons (Fsp3) is 0.235. The van der Waals surface area contributed by atoms with Gasteiger partial charge in [0.05, 0.1) is 16.6 Å².